The molecule has 0 aromatic heterocycles. The van der Waals surface area contributed by atoms with Crippen LogP contribution in [0, 0.1) is 0 Å². The number of hydrogen-bond donors (Lipinski definition) is 0. The number of hydrogen-bond acceptors (Lipinski definition) is 8. The van der Waals surface area contributed by atoms with Gasteiger partial charge in [-0.15, -0.1) is 0 Å². The average molecular weight is 1970 g/mol. The number of rotatable bonds is 82. The molecule has 0 aliphatic heterocycles. The van der Waals surface area contributed by atoms with Gasteiger partial charge < -0.3 is 37.9 Å². The average Bonchev–Trinajstić information content (AvgIpc) is 0.827. The molecule has 0 amide bonds. The second kappa shape index (κ2) is 75.5. The molecule has 0 bridgehead atoms. The van der Waals surface area contributed by atoms with Crippen molar-refractivity contribution in [2.45, 2.75) is 364 Å². The molecular weight excluding hydrogens is 1790 g/mol. The first kappa shape index (κ1) is 118. The van der Waals surface area contributed by atoms with E-state index in [1.807, 2.05) is 12.2 Å². The fourth-order valence-corrected chi connectivity index (χ4v) is 18.1. The van der Waals surface area contributed by atoms with Gasteiger partial charge in [0.25, 0.3) is 0 Å². The largest absolute Gasteiger partial charge is 0.493 e. The van der Waals surface area contributed by atoms with Crippen molar-refractivity contribution in [3.05, 3.63) is 283 Å². The second-order valence-electron chi connectivity index (χ2n) is 40.0. The maximum absolute atomic E-state index is 6.90. The van der Waals surface area contributed by atoms with E-state index in [1.54, 1.807) is 0 Å². The second-order valence-corrected chi connectivity index (χ2v) is 40.0. The van der Waals surface area contributed by atoms with Gasteiger partial charge in [0.2, 0.25) is 0 Å². The summed E-state index contributed by atoms with van der Waals surface area (Å²) in [5.41, 5.74) is 19.0. The first-order valence-electron chi connectivity index (χ1n) is 58.0. The predicted molar refractivity (Wildman–Crippen MR) is 641 cm³/mol. The molecule has 0 saturated heterocycles. The summed E-state index contributed by atoms with van der Waals surface area (Å²) in [5, 5.41) is 0. The van der Waals surface area contributed by atoms with Crippen LogP contribution in [-0.4, -0.2) is 52.9 Å². The molecule has 0 aliphatic rings. The van der Waals surface area contributed by atoms with Crippen LogP contribution in [0.3, 0.4) is 0 Å². The van der Waals surface area contributed by atoms with Crippen LogP contribution >= 0.6 is 0 Å². The highest BCUT2D eigenvalue weighted by Crippen LogP contribution is 2.40. The molecule has 0 unspecified atom stereocenters. The van der Waals surface area contributed by atoms with Gasteiger partial charge in [0.05, 0.1) is 52.9 Å². The molecule has 0 saturated carbocycles. The molecule has 9 aromatic rings. The lowest BCUT2D eigenvalue weighted by atomic mass is 10.0. The van der Waals surface area contributed by atoms with E-state index >= 15 is 0 Å². The smallest absolute Gasteiger partial charge is 0.127 e. The van der Waals surface area contributed by atoms with Crippen molar-refractivity contribution in [2.24, 2.45) is 0 Å². The highest BCUT2D eigenvalue weighted by atomic mass is 16.5. The van der Waals surface area contributed by atoms with Gasteiger partial charge in [0, 0.05) is 44.5 Å². The maximum atomic E-state index is 6.90. The third-order valence-electron chi connectivity index (χ3n) is 27.4. The van der Waals surface area contributed by atoms with Gasteiger partial charge >= 0.3 is 0 Å². The van der Waals surface area contributed by atoms with E-state index in [2.05, 4.69) is 336 Å². The highest BCUT2D eigenvalue weighted by molar-refractivity contribution is 5.85. The molecule has 146 heavy (non-hydrogen) atoms. The lowest BCUT2D eigenvalue weighted by molar-refractivity contribution is 0.295. The van der Waals surface area contributed by atoms with Crippen LogP contribution in [0.25, 0.3) is 109 Å². The Bertz CT molecular complexity index is 4880. The van der Waals surface area contributed by atoms with Crippen molar-refractivity contribution in [1.29, 1.82) is 0 Å². The first-order valence-corrected chi connectivity index (χ1v) is 58.0. The summed E-state index contributed by atoms with van der Waals surface area (Å²) in [6, 6.07) is 61.2. The van der Waals surface area contributed by atoms with E-state index in [1.165, 1.54) is 205 Å². The summed E-state index contributed by atoms with van der Waals surface area (Å²) in [6.45, 7) is 31.4. The van der Waals surface area contributed by atoms with E-state index in [0.29, 0.717) is 52.9 Å². The third kappa shape index (κ3) is 48.2. The number of unbranched alkanes of at least 4 members (excludes halogenated alkanes) is 40. The van der Waals surface area contributed by atoms with E-state index in [-0.39, 0.29) is 0 Å². The molecule has 8 heteroatoms. The summed E-state index contributed by atoms with van der Waals surface area (Å²) in [5.74, 6) is 6.89. The highest BCUT2D eigenvalue weighted by Gasteiger charge is 2.18. The van der Waals surface area contributed by atoms with Crippen LogP contribution < -0.4 is 37.9 Å². The van der Waals surface area contributed by atoms with Crippen LogP contribution in [0.4, 0.5) is 0 Å². The molecule has 9 aromatic carbocycles. The van der Waals surface area contributed by atoms with Crippen LogP contribution in [0.5, 0.6) is 46.0 Å². The summed E-state index contributed by atoms with van der Waals surface area (Å²) in [4.78, 5) is 0. The molecule has 0 fully saturated rings. The van der Waals surface area contributed by atoms with Crippen LogP contribution in [-0.2, 0) is 0 Å². The lowest BCUT2D eigenvalue weighted by Gasteiger charge is -2.16. The summed E-state index contributed by atoms with van der Waals surface area (Å²) in [7, 11) is 0. The quantitative estimate of drug-likeness (QED) is 0.0276. The van der Waals surface area contributed by atoms with Crippen molar-refractivity contribution in [1.82, 2.24) is 0 Å². The zero-order chi connectivity index (χ0) is 103. The standard InChI is InChI=1S/C138H186O8/c1-11-21-29-37-45-53-97-139-131-107-125(133(141-99-55-47-39-31-23-13-3)105-123(131)89-81-115-65-61-113(19-9)62-66-115)91-83-117-69-73-119(74-70-117)85-93-127-109-137(145-103-59-51-43-35-27-17-7)129(111-135(127)143-101-57-49-41-33-25-15-5)95-87-121-77-79-122(80-78-121)88-96-130-112-136(144-102-58-50-42-34-26-16-6)128(110-138(130)146-104-60-52-44-36-28-18-8)94-86-120-75-71-118(72-76-120)84-92-126-108-132(140-98-54-46-38-30-22-12-2)124(90-82-116-67-63-114(20-10)64-68-116)106-134(126)142-100-56-48-40-32-24-14-4/h19-20,61-96,105-112H,9-18,21-60,97-104H2,1-8H3/b89-81+,90-82+,91-83+,92-84+,93-85+,94-86+,95-87+,96-88+. The van der Waals surface area contributed by atoms with Crippen molar-refractivity contribution < 1.29 is 37.9 Å². The number of ether oxygens (including phenoxy) is 8. The third-order valence-corrected chi connectivity index (χ3v) is 27.4. The number of benzene rings is 9. The van der Waals surface area contributed by atoms with Gasteiger partial charge in [-0.05, 0) is 156 Å². The van der Waals surface area contributed by atoms with Crippen LogP contribution in [0.15, 0.2) is 183 Å². The zero-order valence-electron chi connectivity index (χ0n) is 91.8. The maximum Gasteiger partial charge on any atom is 0.127 e. The molecule has 0 spiro atoms. The SMILES string of the molecule is C=Cc1ccc(/C=C/c2cc(OCCCCCCCC)c(/C=C/c3ccc(/C=C/c4cc(OCCCCCCCC)c(/C=C/c5ccc(/C=C/c6cc(OCCCCCCCC)c(/C=C/c7ccc(/C=C/c8cc(OCCCCCCCC)c(/C=C/c9ccc(C=C)cc9)cc8OCCCCCCCC)cc7)cc6OCCCCCCCC)cc5)cc4OCCCCCCCC)cc3)cc2OCCCCCCCC)cc1. The molecule has 0 atom stereocenters. The predicted octanol–water partition coefficient (Wildman–Crippen LogP) is 42.3. The van der Waals surface area contributed by atoms with Gasteiger partial charge in [-0.2, -0.15) is 0 Å². The monoisotopic (exact) mass is 1970 g/mol. The Morgan fingerprint density at radius 1 is 0.137 bits per heavy atom. The van der Waals surface area contributed by atoms with E-state index in [4.69, 9.17) is 37.9 Å². The van der Waals surface area contributed by atoms with Crippen LogP contribution in [0.2, 0.25) is 0 Å². The topological polar surface area (TPSA) is 73.8 Å². The molecule has 0 radical (unpaired) electrons. The molecule has 0 N–H and O–H groups in total. The fraction of sp³-hybridized carbons (Fsp3) is 0.464. The van der Waals surface area contributed by atoms with Crippen LogP contribution in [0.1, 0.15) is 464 Å². The van der Waals surface area contributed by atoms with Crippen molar-refractivity contribution >= 4 is 109 Å². The van der Waals surface area contributed by atoms with E-state index in [9.17, 15) is 0 Å². The van der Waals surface area contributed by atoms with E-state index in [0.717, 1.165) is 249 Å². The first-order chi connectivity index (χ1) is 72.0. The van der Waals surface area contributed by atoms with Gasteiger partial charge in [-0.3, -0.25) is 0 Å². The fourth-order valence-electron chi connectivity index (χ4n) is 18.1. The van der Waals surface area contributed by atoms with Crippen molar-refractivity contribution in [3.63, 3.8) is 0 Å². The minimum absolute atomic E-state index is 0.641. The Morgan fingerprint density at radius 2 is 0.240 bits per heavy atom. The van der Waals surface area contributed by atoms with Gasteiger partial charge in [0.15, 0.2) is 0 Å². The molecule has 0 heterocycles. The zero-order valence-corrected chi connectivity index (χ0v) is 91.8. The van der Waals surface area contributed by atoms with Gasteiger partial charge in [-0.1, -0.05) is 556 Å². The summed E-state index contributed by atoms with van der Waals surface area (Å²) >= 11 is 0. The minimum Gasteiger partial charge on any atom is -0.493 e. The Kier molecular flexibility index (Phi) is 61.2. The molecule has 9 rings (SSSR count). The minimum atomic E-state index is 0.641. The Labute approximate surface area is 887 Å². The Balaban J connectivity index is 0.990. The molecule has 0 aliphatic carbocycles. The van der Waals surface area contributed by atoms with Gasteiger partial charge in [-0.25, -0.2) is 0 Å². The molecular formula is C138H186O8. The Morgan fingerprint density at radius 3 is 0.349 bits per heavy atom. The molecule has 786 valence electrons. The van der Waals surface area contributed by atoms with Crippen molar-refractivity contribution in [2.75, 3.05) is 52.9 Å². The summed E-state index contributed by atoms with van der Waals surface area (Å²) < 4.78 is 54.6. The van der Waals surface area contributed by atoms with Gasteiger partial charge in [0.1, 0.15) is 46.0 Å². The van der Waals surface area contributed by atoms with E-state index < -0.39 is 0 Å². The molecule has 8 nitrogen and oxygen atoms in total. The lowest BCUT2D eigenvalue weighted by Crippen LogP contribution is -2.03. The Hall–Kier alpha value is -11.2. The normalized spacial score (nSPS) is 11.8. The summed E-state index contributed by atoms with van der Waals surface area (Å²) in [6.07, 6.45) is 96.3. The van der Waals surface area contributed by atoms with Crippen molar-refractivity contribution in [3.8, 4) is 46.0 Å².